The number of aromatic nitrogens is 2. The number of amides is 1. The molecule has 1 aliphatic rings. The van der Waals surface area contributed by atoms with Crippen molar-refractivity contribution < 1.29 is 4.79 Å². The van der Waals surface area contributed by atoms with Crippen molar-refractivity contribution in [2.75, 3.05) is 36.0 Å². The molecule has 1 fully saturated rings. The number of carbonyl (C=O) groups is 1. The minimum atomic E-state index is -0.461. The maximum atomic E-state index is 12.0. The van der Waals surface area contributed by atoms with E-state index in [1.54, 1.807) is 6.20 Å². The van der Waals surface area contributed by atoms with Gasteiger partial charge in [-0.2, -0.15) is 0 Å². The number of hydrogen-bond donors (Lipinski definition) is 2. The first-order chi connectivity index (χ1) is 12.7. The fourth-order valence-electron chi connectivity index (χ4n) is 3.04. The van der Waals surface area contributed by atoms with Crippen LogP contribution in [0, 0.1) is 0 Å². The Morgan fingerprint density at radius 1 is 1.12 bits per heavy atom. The maximum absolute atomic E-state index is 12.0. The van der Waals surface area contributed by atoms with E-state index in [0.717, 1.165) is 43.4 Å². The molecule has 3 N–H and O–H groups in total. The lowest BCUT2D eigenvalue weighted by atomic mass is 10.2. The van der Waals surface area contributed by atoms with Crippen LogP contribution in [0.2, 0.25) is 0 Å². The second kappa shape index (κ2) is 8.62. The molecule has 3 rings (SSSR count). The third-order valence-electron chi connectivity index (χ3n) is 4.65. The lowest BCUT2D eigenvalue weighted by molar-refractivity contribution is -0.122. The second-order valence-corrected chi connectivity index (χ2v) is 6.38. The Morgan fingerprint density at radius 3 is 2.54 bits per heavy atom. The number of nitrogens with zero attached hydrogens (tertiary/aromatic N) is 4. The Morgan fingerprint density at radius 2 is 1.85 bits per heavy atom. The molecule has 7 heteroatoms. The van der Waals surface area contributed by atoms with Gasteiger partial charge in [0.1, 0.15) is 11.6 Å². The number of pyridine rings is 2. The van der Waals surface area contributed by atoms with E-state index in [1.165, 1.54) is 0 Å². The summed E-state index contributed by atoms with van der Waals surface area (Å²) >= 11 is 0. The van der Waals surface area contributed by atoms with Crippen LogP contribution in [0.4, 0.5) is 11.6 Å². The van der Waals surface area contributed by atoms with E-state index in [2.05, 4.69) is 25.1 Å². The summed E-state index contributed by atoms with van der Waals surface area (Å²) in [6.07, 6.45) is 4.24. The van der Waals surface area contributed by atoms with Crippen LogP contribution in [0.25, 0.3) is 0 Å². The van der Waals surface area contributed by atoms with Gasteiger partial charge in [0.25, 0.3) is 0 Å². The molecule has 0 saturated carbocycles. The van der Waals surface area contributed by atoms with Crippen molar-refractivity contribution >= 4 is 17.5 Å². The molecule has 0 aromatic carbocycles. The summed E-state index contributed by atoms with van der Waals surface area (Å²) in [5, 5.41) is 2.91. The number of carbonyl (C=O) groups excluding carboxylic acids is 1. The Labute approximate surface area is 154 Å². The van der Waals surface area contributed by atoms with Gasteiger partial charge in [-0.25, -0.2) is 9.97 Å². The van der Waals surface area contributed by atoms with Crippen LogP contribution in [-0.2, 0) is 11.3 Å². The molecule has 1 atom stereocenters. The van der Waals surface area contributed by atoms with Crippen LogP contribution in [0.3, 0.4) is 0 Å². The predicted molar refractivity (Wildman–Crippen MR) is 103 cm³/mol. The average Bonchev–Trinajstić information content (AvgIpc) is 2.72. The molecule has 0 radical (unpaired) electrons. The molecule has 7 nitrogen and oxygen atoms in total. The van der Waals surface area contributed by atoms with Crippen molar-refractivity contribution in [2.24, 2.45) is 5.73 Å². The van der Waals surface area contributed by atoms with E-state index in [1.807, 2.05) is 43.5 Å². The van der Waals surface area contributed by atoms with Crippen LogP contribution >= 0.6 is 0 Å². The molecule has 1 saturated heterocycles. The molecule has 0 unspecified atom stereocenters. The Hall–Kier alpha value is -2.67. The van der Waals surface area contributed by atoms with Crippen LogP contribution < -0.4 is 20.9 Å². The van der Waals surface area contributed by atoms with Gasteiger partial charge in [0.05, 0.1) is 6.04 Å². The normalized spacial score (nSPS) is 15.6. The number of rotatable bonds is 6. The molecule has 1 amide bonds. The average molecular weight is 354 g/mol. The molecule has 0 bridgehead atoms. The lowest BCUT2D eigenvalue weighted by Crippen LogP contribution is -2.47. The summed E-state index contributed by atoms with van der Waals surface area (Å²) in [5.41, 5.74) is 6.79. The number of piperazine rings is 1. The first kappa shape index (κ1) is 18.1. The maximum Gasteiger partial charge on any atom is 0.237 e. The van der Waals surface area contributed by atoms with Crippen LogP contribution in [-0.4, -0.2) is 48.1 Å². The van der Waals surface area contributed by atoms with Gasteiger partial charge in [-0.3, -0.25) is 4.79 Å². The third kappa shape index (κ3) is 4.29. The summed E-state index contributed by atoms with van der Waals surface area (Å²) in [7, 11) is 0. The molecular weight excluding hydrogens is 328 g/mol. The molecule has 0 spiro atoms. The fourth-order valence-corrected chi connectivity index (χ4v) is 3.04. The van der Waals surface area contributed by atoms with E-state index in [-0.39, 0.29) is 5.91 Å². The van der Waals surface area contributed by atoms with Gasteiger partial charge < -0.3 is 20.9 Å². The van der Waals surface area contributed by atoms with Crippen molar-refractivity contribution in [1.82, 2.24) is 15.3 Å². The first-order valence-corrected chi connectivity index (χ1v) is 9.07. The fraction of sp³-hybridized carbons (Fsp3) is 0.421. The van der Waals surface area contributed by atoms with Crippen molar-refractivity contribution in [3.8, 4) is 0 Å². The zero-order valence-electron chi connectivity index (χ0n) is 15.1. The Kier molecular flexibility index (Phi) is 6.01. The molecule has 26 heavy (non-hydrogen) atoms. The minimum absolute atomic E-state index is 0.123. The highest BCUT2D eigenvalue weighted by Gasteiger charge is 2.21. The first-order valence-electron chi connectivity index (χ1n) is 9.07. The van der Waals surface area contributed by atoms with Crippen molar-refractivity contribution in [3.63, 3.8) is 0 Å². The van der Waals surface area contributed by atoms with Gasteiger partial charge in [0, 0.05) is 50.7 Å². The van der Waals surface area contributed by atoms with E-state index in [9.17, 15) is 4.79 Å². The number of anilines is 2. The van der Waals surface area contributed by atoms with Crippen molar-refractivity contribution in [1.29, 1.82) is 0 Å². The summed E-state index contributed by atoms with van der Waals surface area (Å²) in [5.74, 6) is 1.81. The molecule has 138 valence electrons. The van der Waals surface area contributed by atoms with Crippen molar-refractivity contribution in [3.05, 3.63) is 48.3 Å². The number of nitrogens with two attached hydrogens (primary N) is 1. The zero-order valence-corrected chi connectivity index (χ0v) is 15.1. The molecule has 2 aromatic heterocycles. The summed E-state index contributed by atoms with van der Waals surface area (Å²) < 4.78 is 0. The highest BCUT2D eigenvalue weighted by molar-refractivity contribution is 5.81. The lowest BCUT2D eigenvalue weighted by Gasteiger charge is -2.36. The number of nitrogens with one attached hydrogen (secondary N) is 1. The highest BCUT2D eigenvalue weighted by atomic mass is 16.2. The quantitative estimate of drug-likeness (QED) is 0.809. The van der Waals surface area contributed by atoms with Gasteiger partial charge in [0.2, 0.25) is 5.91 Å². The van der Waals surface area contributed by atoms with Gasteiger partial charge in [-0.05, 0) is 24.6 Å². The van der Waals surface area contributed by atoms with E-state index in [4.69, 9.17) is 5.73 Å². The molecule has 3 heterocycles. The van der Waals surface area contributed by atoms with Crippen LogP contribution in [0.15, 0.2) is 42.7 Å². The monoisotopic (exact) mass is 354 g/mol. The van der Waals surface area contributed by atoms with Crippen LogP contribution in [0.5, 0.6) is 0 Å². The smallest absolute Gasteiger partial charge is 0.237 e. The number of hydrogen-bond acceptors (Lipinski definition) is 6. The molecule has 1 aliphatic heterocycles. The summed E-state index contributed by atoms with van der Waals surface area (Å²) in [6.45, 7) is 5.85. The Bertz CT molecular complexity index is 715. The zero-order chi connectivity index (χ0) is 18.4. The van der Waals surface area contributed by atoms with Gasteiger partial charge in [0.15, 0.2) is 0 Å². The summed E-state index contributed by atoms with van der Waals surface area (Å²) in [4.78, 5) is 25.5. The van der Waals surface area contributed by atoms with Gasteiger partial charge in [-0.15, -0.1) is 0 Å². The molecule has 2 aromatic rings. The Balaban J connectivity index is 1.63. The molecule has 0 aliphatic carbocycles. The van der Waals surface area contributed by atoms with E-state index >= 15 is 0 Å². The highest BCUT2D eigenvalue weighted by Crippen LogP contribution is 2.20. The van der Waals surface area contributed by atoms with Gasteiger partial charge in [-0.1, -0.05) is 19.1 Å². The van der Waals surface area contributed by atoms with Gasteiger partial charge >= 0.3 is 0 Å². The summed E-state index contributed by atoms with van der Waals surface area (Å²) in [6, 6.07) is 9.42. The minimum Gasteiger partial charge on any atom is -0.353 e. The van der Waals surface area contributed by atoms with Crippen molar-refractivity contribution in [2.45, 2.75) is 25.9 Å². The second-order valence-electron chi connectivity index (χ2n) is 6.38. The predicted octanol–water partition coefficient (Wildman–Crippen LogP) is 1.16. The largest absolute Gasteiger partial charge is 0.353 e. The van der Waals surface area contributed by atoms with E-state index < -0.39 is 6.04 Å². The molecular formula is C19H26N6O. The standard InChI is InChI=1S/C19H26N6O/c1-2-16(20)19(26)23-14-15-6-5-9-22-18(15)25-12-10-24(11-13-25)17-7-3-4-8-21-17/h3-9,16H,2,10-14,20H2,1H3,(H,23,26)/t16-/m0/s1. The van der Waals surface area contributed by atoms with Crippen LogP contribution in [0.1, 0.15) is 18.9 Å². The third-order valence-corrected chi connectivity index (χ3v) is 4.65. The topological polar surface area (TPSA) is 87.4 Å². The van der Waals surface area contributed by atoms with E-state index in [0.29, 0.717) is 13.0 Å². The SMILES string of the molecule is CC[C@H](N)C(=O)NCc1cccnc1N1CCN(c2ccccn2)CC1.